The van der Waals surface area contributed by atoms with E-state index in [-0.39, 0.29) is 5.82 Å². The highest BCUT2D eigenvalue weighted by Crippen LogP contribution is 2.16. The molecule has 5 nitrogen and oxygen atoms in total. The first-order valence-electron chi connectivity index (χ1n) is 4.28. The van der Waals surface area contributed by atoms with Gasteiger partial charge in [-0.3, -0.25) is 4.79 Å². The summed E-state index contributed by atoms with van der Waals surface area (Å²) in [5.74, 6) is -0.272. The molecule has 0 atom stereocenters. The standard InChI is InChI=1S/C10H8N2O3/c1-15-10(14)6-3-2-4-7-9(6)12-8(5-13)11-7/h2-5H,1H3,(H,11,12). The molecule has 1 N–H and O–H groups in total. The number of fused-ring (bicyclic) bond motifs is 1. The van der Waals surface area contributed by atoms with Gasteiger partial charge in [0.2, 0.25) is 0 Å². The number of H-pyrrole nitrogens is 1. The van der Waals surface area contributed by atoms with Gasteiger partial charge in [0.1, 0.15) is 5.52 Å². The van der Waals surface area contributed by atoms with Crippen molar-refractivity contribution in [2.24, 2.45) is 0 Å². The van der Waals surface area contributed by atoms with Gasteiger partial charge in [-0.15, -0.1) is 0 Å². The molecule has 0 radical (unpaired) electrons. The number of aldehydes is 1. The molecule has 2 aromatic rings. The van der Waals surface area contributed by atoms with Gasteiger partial charge >= 0.3 is 5.97 Å². The lowest BCUT2D eigenvalue weighted by atomic mass is 10.2. The van der Waals surface area contributed by atoms with Crippen molar-refractivity contribution in [2.45, 2.75) is 0 Å². The Morgan fingerprint density at radius 3 is 3.00 bits per heavy atom. The number of imidazole rings is 1. The van der Waals surface area contributed by atoms with Crippen LogP contribution in [0.4, 0.5) is 0 Å². The molecule has 0 aliphatic carbocycles. The van der Waals surface area contributed by atoms with Gasteiger partial charge in [0.15, 0.2) is 12.1 Å². The number of carbonyl (C=O) groups is 2. The number of carbonyl (C=O) groups excluding carboxylic acids is 2. The zero-order valence-electron chi connectivity index (χ0n) is 7.98. The second kappa shape index (κ2) is 3.53. The fraction of sp³-hybridized carbons (Fsp3) is 0.100. The molecule has 76 valence electrons. The number of nitrogens with zero attached hydrogens (tertiary/aromatic N) is 1. The third kappa shape index (κ3) is 1.48. The minimum Gasteiger partial charge on any atom is -0.465 e. The topological polar surface area (TPSA) is 72.1 Å². The monoisotopic (exact) mass is 204 g/mol. The van der Waals surface area contributed by atoms with Gasteiger partial charge in [-0.05, 0) is 12.1 Å². The number of benzene rings is 1. The van der Waals surface area contributed by atoms with Crippen molar-refractivity contribution in [3.63, 3.8) is 0 Å². The second-order valence-electron chi connectivity index (χ2n) is 2.93. The van der Waals surface area contributed by atoms with E-state index in [1.54, 1.807) is 18.2 Å². The summed E-state index contributed by atoms with van der Waals surface area (Å²) in [7, 11) is 1.30. The molecular weight excluding hydrogens is 196 g/mol. The van der Waals surface area contributed by atoms with Crippen molar-refractivity contribution >= 4 is 23.3 Å². The van der Waals surface area contributed by atoms with Crippen LogP contribution in [-0.2, 0) is 4.74 Å². The van der Waals surface area contributed by atoms with Crippen molar-refractivity contribution in [1.82, 2.24) is 9.97 Å². The van der Waals surface area contributed by atoms with Gasteiger partial charge in [0.05, 0.1) is 18.2 Å². The van der Waals surface area contributed by atoms with Crippen LogP contribution in [0.3, 0.4) is 0 Å². The Morgan fingerprint density at radius 2 is 2.33 bits per heavy atom. The number of esters is 1. The number of rotatable bonds is 2. The summed E-state index contributed by atoms with van der Waals surface area (Å²) in [6, 6.07) is 5.03. The van der Waals surface area contributed by atoms with Gasteiger partial charge in [-0.2, -0.15) is 0 Å². The molecule has 1 heterocycles. The lowest BCUT2D eigenvalue weighted by molar-refractivity contribution is 0.0602. The van der Waals surface area contributed by atoms with Crippen molar-refractivity contribution in [3.8, 4) is 0 Å². The molecular formula is C10H8N2O3. The highest BCUT2D eigenvalue weighted by atomic mass is 16.5. The maximum atomic E-state index is 11.4. The number of methoxy groups -OCH3 is 1. The van der Waals surface area contributed by atoms with E-state index in [4.69, 9.17) is 0 Å². The van der Waals surface area contributed by atoms with Crippen LogP contribution in [0.15, 0.2) is 18.2 Å². The summed E-state index contributed by atoms with van der Waals surface area (Å²) in [4.78, 5) is 28.6. The Labute approximate surface area is 85.1 Å². The second-order valence-corrected chi connectivity index (χ2v) is 2.93. The minimum atomic E-state index is -0.468. The third-order valence-corrected chi connectivity index (χ3v) is 2.05. The first kappa shape index (κ1) is 9.39. The van der Waals surface area contributed by atoms with E-state index in [9.17, 15) is 9.59 Å². The van der Waals surface area contributed by atoms with Gasteiger partial charge in [-0.1, -0.05) is 6.07 Å². The predicted molar refractivity (Wildman–Crippen MR) is 52.8 cm³/mol. The van der Waals surface area contributed by atoms with E-state index in [1.807, 2.05) is 0 Å². The molecule has 0 saturated heterocycles. The predicted octanol–water partition coefficient (Wildman–Crippen LogP) is 1.16. The molecule has 0 amide bonds. The lowest BCUT2D eigenvalue weighted by Gasteiger charge is -1.98. The van der Waals surface area contributed by atoms with Crippen LogP contribution in [0.1, 0.15) is 21.0 Å². The average molecular weight is 204 g/mol. The SMILES string of the molecule is COC(=O)c1cccc2[nH]c(C=O)nc12. The largest absolute Gasteiger partial charge is 0.465 e. The first-order valence-corrected chi connectivity index (χ1v) is 4.28. The Kier molecular flexibility index (Phi) is 2.21. The van der Waals surface area contributed by atoms with Crippen LogP contribution in [0, 0.1) is 0 Å². The molecule has 0 bridgehead atoms. The Hall–Kier alpha value is -2.17. The van der Waals surface area contributed by atoms with Gasteiger partial charge < -0.3 is 9.72 Å². The van der Waals surface area contributed by atoms with Gasteiger partial charge in [-0.25, -0.2) is 9.78 Å². The highest BCUT2D eigenvalue weighted by Gasteiger charge is 2.13. The van der Waals surface area contributed by atoms with E-state index >= 15 is 0 Å². The number of aromatic amines is 1. The molecule has 0 aliphatic rings. The highest BCUT2D eigenvalue weighted by molar-refractivity contribution is 6.02. The molecule has 1 aromatic heterocycles. The molecule has 5 heteroatoms. The van der Waals surface area contributed by atoms with Crippen LogP contribution >= 0.6 is 0 Å². The van der Waals surface area contributed by atoms with Crippen LogP contribution in [-0.4, -0.2) is 29.3 Å². The Bertz CT molecular complexity index is 530. The van der Waals surface area contributed by atoms with E-state index in [2.05, 4.69) is 14.7 Å². The number of aromatic nitrogens is 2. The maximum Gasteiger partial charge on any atom is 0.340 e. The molecule has 0 fully saturated rings. The van der Waals surface area contributed by atoms with Gasteiger partial charge in [0.25, 0.3) is 0 Å². The molecule has 2 rings (SSSR count). The molecule has 0 unspecified atom stereocenters. The zero-order chi connectivity index (χ0) is 10.8. The summed E-state index contributed by atoms with van der Waals surface area (Å²) < 4.78 is 4.61. The molecule has 0 saturated carbocycles. The number of hydrogen-bond donors (Lipinski definition) is 1. The summed E-state index contributed by atoms with van der Waals surface area (Å²) in [6.45, 7) is 0. The molecule has 15 heavy (non-hydrogen) atoms. The normalized spacial score (nSPS) is 10.2. The Morgan fingerprint density at radius 1 is 1.53 bits per heavy atom. The van der Waals surface area contributed by atoms with Crippen molar-refractivity contribution in [3.05, 3.63) is 29.6 Å². The van der Waals surface area contributed by atoms with Crippen molar-refractivity contribution < 1.29 is 14.3 Å². The van der Waals surface area contributed by atoms with E-state index in [1.165, 1.54) is 7.11 Å². The van der Waals surface area contributed by atoms with E-state index < -0.39 is 5.97 Å². The van der Waals surface area contributed by atoms with Crippen LogP contribution in [0.5, 0.6) is 0 Å². The number of hydrogen-bond acceptors (Lipinski definition) is 4. The summed E-state index contributed by atoms with van der Waals surface area (Å²) in [6.07, 6.45) is 0.598. The summed E-state index contributed by atoms with van der Waals surface area (Å²) >= 11 is 0. The minimum absolute atomic E-state index is 0.196. The van der Waals surface area contributed by atoms with Crippen LogP contribution < -0.4 is 0 Å². The lowest BCUT2D eigenvalue weighted by Crippen LogP contribution is -2.01. The summed E-state index contributed by atoms with van der Waals surface area (Å²) in [5, 5.41) is 0. The van der Waals surface area contributed by atoms with Gasteiger partial charge in [0, 0.05) is 0 Å². The third-order valence-electron chi connectivity index (χ3n) is 2.05. The first-order chi connectivity index (χ1) is 7.26. The number of para-hydroxylation sites is 1. The fourth-order valence-electron chi connectivity index (χ4n) is 1.38. The van der Waals surface area contributed by atoms with Crippen LogP contribution in [0.2, 0.25) is 0 Å². The maximum absolute atomic E-state index is 11.4. The quantitative estimate of drug-likeness (QED) is 0.588. The van der Waals surface area contributed by atoms with Crippen LogP contribution in [0.25, 0.3) is 11.0 Å². The molecule has 1 aromatic carbocycles. The zero-order valence-corrected chi connectivity index (χ0v) is 7.98. The van der Waals surface area contributed by atoms with E-state index in [0.29, 0.717) is 22.9 Å². The van der Waals surface area contributed by atoms with Crippen molar-refractivity contribution in [2.75, 3.05) is 7.11 Å². The molecule has 0 aliphatic heterocycles. The van der Waals surface area contributed by atoms with Crippen molar-refractivity contribution in [1.29, 1.82) is 0 Å². The smallest absolute Gasteiger partial charge is 0.340 e. The summed E-state index contributed by atoms with van der Waals surface area (Å²) in [5.41, 5.74) is 1.44. The Balaban J connectivity index is 2.69. The van der Waals surface area contributed by atoms with E-state index in [0.717, 1.165) is 0 Å². The molecule has 0 spiro atoms. The fourth-order valence-corrected chi connectivity index (χ4v) is 1.38. The number of ether oxygens (including phenoxy) is 1. The number of nitrogens with one attached hydrogen (secondary N) is 1. The average Bonchev–Trinajstić information content (AvgIpc) is 2.70.